The van der Waals surface area contributed by atoms with Crippen molar-refractivity contribution in [3.63, 3.8) is 0 Å². The van der Waals surface area contributed by atoms with Crippen LogP contribution in [0.1, 0.15) is 38.1 Å². The van der Waals surface area contributed by atoms with Gasteiger partial charge < -0.3 is 15.3 Å². The third-order valence-corrected chi connectivity index (χ3v) is 1.62. The SMILES string of the molecule is C#CC[C@H](N)c1nnc(C(C)(C)O)o1. The van der Waals surface area contributed by atoms with Gasteiger partial charge in [-0.2, -0.15) is 0 Å². The quantitative estimate of drug-likeness (QED) is 0.678. The van der Waals surface area contributed by atoms with Crippen molar-refractivity contribution in [3.8, 4) is 12.3 Å². The lowest BCUT2D eigenvalue weighted by Crippen LogP contribution is -2.15. The molecule has 0 aromatic carbocycles. The van der Waals surface area contributed by atoms with Gasteiger partial charge in [0.15, 0.2) is 0 Å². The van der Waals surface area contributed by atoms with Gasteiger partial charge in [-0.3, -0.25) is 0 Å². The van der Waals surface area contributed by atoms with Crippen LogP contribution in [0.5, 0.6) is 0 Å². The van der Waals surface area contributed by atoms with Crippen molar-refractivity contribution in [1.29, 1.82) is 0 Å². The lowest BCUT2D eigenvalue weighted by atomic mass is 10.1. The molecule has 0 saturated heterocycles. The Morgan fingerprint density at radius 2 is 2.29 bits per heavy atom. The highest BCUT2D eigenvalue weighted by Crippen LogP contribution is 2.20. The zero-order chi connectivity index (χ0) is 10.8. The van der Waals surface area contributed by atoms with Crippen LogP contribution in [0.3, 0.4) is 0 Å². The molecule has 0 radical (unpaired) electrons. The average Bonchev–Trinajstić information content (AvgIpc) is 2.51. The lowest BCUT2D eigenvalue weighted by Gasteiger charge is -2.10. The van der Waals surface area contributed by atoms with E-state index in [0.717, 1.165) is 0 Å². The maximum absolute atomic E-state index is 9.54. The van der Waals surface area contributed by atoms with Crippen molar-refractivity contribution < 1.29 is 9.52 Å². The van der Waals surface area contributed by atoms with E-state index in [0.29, 0.717) is 6.42 Å². The number of aliphatic hydroxyl groups is 1. The van der Waals surface area contributed by atoms with Gasteiger partial charge in [-0.25, -0.2) is 0 Å². The predicted molar refractivity (Wildman–Crippen MR) is 49.9 cm³/mol. The normalized spacial score (nSPS) is 13.6. The van der Waals surface area contributed by atoms with Crippen molar-refractivity contribution in [1.82, 2.24) is 10.2 Å². The van der Waals surface area contributed by atoms with Gasteiger partial charge in [0.1, 0.15) is 5.60 Å². The molecule has 3 N–H and O–H groups in total. The molecule has 5 heteroatoms. The summed E-state index contributed by atoms with van der Waals surface area (Å²) in [7, 11) is 0. The summed E-state index contributed by atoms with van der Waals surface area (Å²) in [6.45, 7) is 3.11. The summed E-state index contributed by atoms with van der Waals surface area (Å²) in [6.07, 6.45) is 5.42. The fourth-order valence-electron chi connectivity index (χ4n) is 0.846. The minimum atomic E-state index is -1.15. The first-order chi connectivity index (χ1) is 6.45. The molecule has 1 heterocycles. The highest BCUT2D eigenvalue weighted by Gasteiger charge is 2.25. The third-order valence-electron chi connectivity index (χ3n) is 1.62. The molecule has 0 aliphatic rings. The number of hydrogen-bond acceptors (Lipinski definition) is 5. The van der Waals surface area contributed by atoms with Crippen LogP contribution >= 0.6 is 0 Å². The van der Waals surface area contributed by atoms with Crippen LogP contribution in [-0.4, -0.2) is 15.3 Å². The molecule has 0 saturated carbocycles. The van der Waals surface area contributed by atoms with Gasteiger partial charge in [-0.1, -0.05) is 0 Å². The summed E-state index contributed by atoms with van der Waals surface area (Å²) < 4.78 is 5.17. The highest BCUT2D eigenvalue weighted by molar-refractivity contribution is 4.99. The fraction of sp³-hybridized carbons (Fsp3) is 0.556. The molecule has 0 amide bonds. The Morgan fingerprint density at radius 1 is 1.64 bits per heavy atom. The van der Waals surface area contributed by atoms with E-state index >= 15 is 0 Å². The Labute approximate surface area is 82.3 Å². The Bertz CT molecular complexity index is 346. The molecule has 76 valence electrons. The topological polar surface area (TPSA) is 85.2 Å². The number of hydrogen-bond donors (Lipinski definition) is 2. The van der Waals surface area contributed by atoms with E-state index in [9.17, 15) is 5.11 Å². The second kappa shape index (κ2) is 3.78. The molecule has 0 aliphatic heterocycles. The van der Waals surface area contributed by atoms with Crippen LogP contribution in [0.25, 0.3) is 0 Å². The summed E-state index contributed by atoms with van der Waals surface area (Å²) in [5.41, 5.74) is 4.49. The van der Waals surface area contributed by atoms with E-state index in [4.69, 9.17) is 16.6 Å². The van der Waals surface area contributed by atoms with E-state index < -0.39 is 11.6 Å². The number of nitrogens with two attached hydrogens (primary N) is 1. The number of nitrogens with zero attached hydrogens (tertiary/aromatic N) is 2. The first-order valence-corrected chi connectivity index (χ1v) is 4.20. The van der Waals surface area contributed by atoms with Gasteiger partial charge in [0.2, 0.25) is 11.8 Å². The molecule has 1 rings (SSSR count). The molecular weight excluding hydrogens is 182 g/mol. The van der Waals surface area contributed by atoms with Gasteiger partial charge in [0, 0.05) is 6.42 Å². The van der Waals surface area contributed by atoms with E-state index in [1.54, 1.807) is 13.8 Å². The van der Waals surface area contributed by atoms with Crippen LogP contribution < -0.4 is 5.73 Å². The molecular formula is C9H13N3O2. The van der Waals surface area contributed by atoms with Crippen LogP contribution in [0.4, 0.5) is 0 Å². The number of terminal acetylenes is 1. The Kier molecular flexibility index (Phi) is 2.89. The summed E-state index contributed by atoms with van der Waals surface area (Å²) in [6, 6.07) is -0.469. The second-order valence-corrected chi connectivity index (χ2v) is 3.52. The maximum Gasteiger partial charge on any atom is 0.247 e. The van der Waals surface area contributed by atoms with Gasteiger partial charge in [-0.15, -0.1) is 22.5 Å². The minimum Gasteiger partial charge on any atom is -0.420 e. The largest absolute Gasteiger partial charge is 0.420 e. The first-order valence-electron chi connectivity index (χ1n) is 4.20. The van der Waals surface area contributed by atoms with Crippen molar-refractivity contribution in [2.45, 2.75) is 31.9 Å². The van der Waals surface area contributed by atoms with Crippen LogP contribution in [0.15, 0.2) is 4.42 Å². The molecule has 1 aromatic heterocycles. The molecule has 1 aromatic rings. The summed E-state index contributed by atoms with van der Waals surface area (Å²) in [5, 5.41) is 16.9. The molecule has 1 atom stereocenters. The Morgan fingerprint density at radius 3 is 2.71 bits per heavy atom. The number of rotatable bonds is 3. The van der Waals surface area contributed by atoms with E-state index in [1.165, 1.54) is 0 Å². The zero-order valence-corrected chi connectivity index (χ0v) is 8.19. The standard InChI is InChI=1S/C9H13N3O2/c1-4-5-6(10)7-11-12-8(14-7)9(2,3)13/h1,6,13H,5,10H2,2-3H3/t6-/m0/s1. The Hall–Kier alpha value is -1.38. The highest BCUT2D eigenvalue weighted by atomic mass is 16.4. The monoisotopic (exact) mass is 195 g/mol. The molecule has 0 aliphatic carbocycles. The van der Waals surface area contributed by atoms with Gasteiger partial charge in [0.25, 0.3) is 0 Å². The molecule has 0 spiro atoms. The summed E-state index contributed by atoms with van der Waals surface area (Å²) in [5.74, 6) is 2.79. The van der Waals surface area contributed by atoms with Crippen molar-refractivity contribution in [3.05, 3.63) is 11.8 Å². The summed E-state index contributed by atoms with van der Waals surface area (Å²) in [4.78, 5) is 0. The van der Waals surface area contributed by atoms with Gasteiger partial charge in [0.05, 0.1) is 6.04 Å². The molecule has 5 nitrogen and oxygen atoms in total. The molecule has 0 fully saturated rings. The van der Waals surface area contributed by atoms with Gasteiger partial charge in [-0.05, 0) is 13.8 Å². The van der Waals surface area contributed by atoms with E-state index in [2.05, 4.69) is 16.1 Å². The molecule has 14 heavy (non-hydrogen) atoms. The summed E-state index contributed by atoms with van der Waals surface area (Å²) >= 11 is 0. The van der Waals surface area contributed by atoms with Crippen molar-refractivity contribution in [2.24, 2.45) is 5.73 Å². The van der Waals surface area contributed by atoms with Crippen LogP contribution in [0, 0.1) is 12.3 Å². The first kappa shape index (κ1) is 10.7. The maximum atomic E-state index is 9.54. The number of aromatic nitrogens is 2. The lowest BCUT2D eigenvalue weighted by molar-refractivity contribution is 0.0466. The third kappa shape index (κ3) is 2.31. The van der Waals surface area contributed by atoms with E-state index in [1.807, 2.05) is 0 Å². The molecule has 0 bridgehead atoms. The Balaban J connectivity index is 2.84. The van der Waals surface area contributed by atoms with Crippen LogP contribution in [-0.2, 0) is 5.60 Å². The average molecular weight is 195 g/mol. The smallest absolute Gasteiger partial charge is 0.247 e. The van der Waals surface area contributed by atoms with Gasteiger partial charge >= 0.3 is 0 Å². The molecule has 0 unspecified atom stereocenters. The van der Waals surface area contributed by atoms with Crippen molar-refractivity contribution in [2.75, 3.05) is 0 Å². The zero-order valence-electron chi connectivity index (χ0n) is 8.19. The van der Waals surface area contributed by atoms with Crippen LogP contribution in [0.2, 0.25) is 0 Å². The second-order valence-electron chi connectivity index (χ2n) is 3.52. The fourth-order valence-corrected chi connectivity index (χ4v) is 0.846. The minimum absolute atomic E-state index is 0.139. The predicted octanol–water partition coefficient (Wildman–Crippen LogP) is 0.320. The van der Waals surface area contributed by atoms with E-state index in [-0.39, 0.29) is 11.8 Å². The van der Waals surface area contributed by atoms with Crippen molar-refractivity contribution >= 4 is 0 Å².